The molecule has 2 aromatic carbocycles. The Bertz CT molecular complexity index is 763. The summed E-state index contributed by atoms with van der Waals surface area (Å²) in [5.41, 5.74) is 0.00784. The van der Waals surface area contributed by atoms with Crippen LogP contribution in [0.2, 0.25) is 0 Å². The molecular formula is C19H21F2NO4. The van der Waals surface area contributed by atoms with Gasteiger partial charge in [-0.25, -0.2) is 8.78 Å². The second kappa shape index (κ2) is 8.62. The summed E-state index contributed by atoms with van der Waals surface area (Å²) in [7, 11) is 1.14. The maximum atomic E-state index is 13.9. The van der Waals surface area contributed by atoms with Crippen molar-refractivity contribution in [3.63, 3.8) is 0 Å². The predicted octanol–water partition coefficient (Wildman–Crippen LogP) is 3.22. The molecule has 0 radical (unpaired) electrons. The molecule has 0 aromatic heterocycles. The number of carbonyl (C=O) groups is 1. The van der Waals surface area contributed by atoms with Crippen LogP contribution in [0.4, 0.5) is 8.78 Å². The van der Waals surface area contributed by atoms with Crippen LogP contribution in [0, 0.1) is 11.6 Å². The molecule has 0 heterocycles. The summed E-state index contributed by atoms with van der Waals surface area (Å²) in [6.45, 7) is 3.62. The third-order valence-corrected chi connectivity index (χ3v) is 3.58. The zero-order chi connectivity index (χ0) is 19.3. The van der Waals surface area contributed by atoms with Crippen molar-refractivity contribution in [2.75, 3.05) is 13.7 Å². The van der Waals surface area contributed by atoms with Gasteiger partial charge in [-0.15, -0.1) is 0 Å². The van der Waals surface area contributed by atoms with Crippen LogP contribution in [0.3, 0.4) is 0 Å². The van der Waals surface area contributed by atoms with Crippen LogP contribution < -0.4 is 14.8 Å². The Kier molecular flexibility index (Phi) is 6.52. The Hall–Kier alpha value is -2.67. The molecule has 0 aliphatic carbocycles. The van der Waals surface area contributed by atoms with E-state index in [1.54, 1.807) is 24.3 Å². The maximum Gasteiger partial charge on any atom is 0.258 e. The van der Waals surface area contributed by atoms with E-state index in [1.807, 2.05) is 13.8 Å². The van der Waals surface area contributed by atoms with Crippen molar-refractivity contribution >= 4 is 5.91 Å². The SMILES string of the molecule is COc1c(F)ccc(F)c1C(=O)NC[C@@H](O)c1ccc(OC(C)C)cc1. The van der Waals surface area contributed by atoms with Crippen molar-refractivity contribution in [1.29, 1.82) is 0 Å². The molecule has 0 aliphatic rings. The number of methoxy groups -OCH3 is 1. The van der Waals surface area contributed by atoms with E-state index in [-0.39, 0.29) is 12.6 Å². The van der Waals surface area contributed by atoms with Gasteiger partial charge in [0.25, 0.3) is 5.91 Å². The molecule has 0 fully saturated rings. The van der Waals surface area contributed by atoms with E-state index in [0.29, 0.717) is 11.3 Å². The summed E-state index contributed by atoms with van der Waals surface area (Å²) < 4.78 is 37.8. The fourth-order valence-electron chi connectivity index (χ4n) is 2.38. The molecule has 2 N–H and O–H groups in total. The number of hydrogen-bond donors (Lipinski definition) is 2. The molecule has 0 unspecified atom stereocenters. The Balaban J connectivity index is 2.04. The Morgan fingerprint density at radius 3 is 2.31 bits per heavy atom. The highest BCUT2D eigenvalue weighted by atomic mass is 19.1. The number of aliphatic hydroxyl groups excluding tert-OH is 1. The summed E-state index contributed by atoms with van der Waals surface area (Å²) in [4.78, 5) is 12.2. The molecule has 0 aliphatic heterocycles. The highest BCUT2D eigenvalue weighted by Crippen LogP contribution is 2.25. The summed E-state index contributed by atoms with van der Waals surface area (Å²) in [6, 6.07) is 8.46. The third kappa shape index (κ3) is 4.70. The standard InChI is InChI=1S/C19H21F2NO4/c1-11(2)26-13-6-4-12(5-7-13)16(23)10-22-19(24)17-14(20)8-9-15(21)18(17)25-3/h4-9,11,16,23H,10H2,1-3H3,(H,22,24)/t16-/m1/s1. The summed E-state index contributed by atoms with van der Waals surface area (Å²) >= 11 is 0. The first-order chi connectivity index (χ1) is 12.3. The van der Waals surface area contributed by atoms with Gasteiger partial charge in [0.05, 0.1) is 19.3 Å². The first-order valence-corrected chi connectivity index (χ1v) is 8.08. The molecule has 1 atom stereocenters. The topological polar surface area (TPSA) is 67.8 Å². The largest absolute Gasteiger partial charge is 0.493 e. The number of hydrogen-bond acceptors (Lipinski definition) is 4. The van der Waals surface area contributed by atoms with Crippen LogP contribution >= 0.6 is 0 Å². The van der Waals surface area contributed by atoms with Gasteiger partial charge in [-0.05, 0) is 43.7 Å². The van der Waals surface area contributed by atoms with Crippen molar-refractivity contribution in [2.24, 2.45) is 0 Å². The maximum absolute atomic E-state index is 13.9. The Labute approximate surface area is 150 Å². The van der Waals surface area contributed by atoms with Gasteiger partial charge in [-0.1, -0.05) is 12.1 Å². The van der Waals surface area contributed by atoms with Gasteiger partial charge >= 0.3 is 0 Å². The molecule has 1 amide bonds. The van der Waals surface area contributed by atoms with E-state index < -0.39 is 35.0 Å². The second-order valence-corrected chi connectivity index (χ2v) is 5.90. The zero-order valence-corrected chi connectivity index (χ0v) is 14.8. The van der Waals surface area contributed by atoms with Gasteiger partial charge in [-0.3, -0.25) is 4.79 Å². The first-order valence-electron chi connectivity index (χ1n) is 8.08. The molecule has 7 heteroatoms. The average Bonchev–Trinajstić information content (AvgIpc) is 2.61. The number of halogens is 2. The fourth-order valence-corrected chi connectivity index (χ4v) is 2.38. The van der Waals surface area contributed by atoms with E-state index in [9.17, 15) is 18.7 Å². The smallest absolute Gasteiger partial charge is 0.258 e. The molecule has 0 bridgehead atoms. The Morgan fingerprint density at radius 2 is 1.73 bits per heavy atom. The van der Waals surface area contributed by atoms with Crippen molar-refractivity contribution in [1.82, 2.24) is 5.32 Å². The normalized spacial score (nSPS) is 12.0. The number of amides is 1. The minimum absolute atomic E-state index is 0.0289. The number of ether oxygens (including phenoxy) is 2. The van der Waals surface area contributed by atoms with E-state index in [0.717, 1.165) is 19.2 Å². The van der Waals surface area contributed by atoms with Gasteiger partial charge in [-0.2, -0.15) is 0 Å². The van der Waals surface area contributed by atoms with Gasteiger partial charge in [0, 0.05) is 6.54 Å². The van der Waals surface area contributed by atoms with Gasteiger partial charge < -0.3 is 19.9 Å². The molecule has 0 spiro atoms. The third-order valence-electron chi connectivity index (χ3n) is 3.58. The predicted molar refractivity (Wildman–Crippen MR) is 92.4 cm³/mol. The summed E-state index contributed by atoms with van der Waals surface area (Å²) in [5, 5.41) is 12.6. The van der Waals surface area contributed by atoms with E-state index in [4.69, 9.17) is 9.47 Å². The van der Waals surface area contributed by atoms with E-state index >= 15 is 0 Å². The molecule has 0 saturated carbocycles. The lowest BCUT2D eigenvalue weighted by atomic mass is 10.1. The minimum Gasteiger partial charge on any atom is -0.493 e. The highest BCUT2D eigenvalue weighted by molar-refractivity contribution is 5.97. The van der Waals surface area contributed by atoms with Crippen LogP contribution in [0.5, 0.6) is 11.5 Å². The molecule has 140 valence electrons. The quantitative estimate of drug-likeness (QED) is 0.791. The zero-order valence-electron chi connectivity index (χ0n) is 14.8. The molecule has 26 heavy (non-hydrogen) atoms. The van der Waals surface area contributed by atoms with Gasteiger partial charge in [0.1, 0.15) is 17.1 Å². The van der Waals surface area contributed by atoms with Crippen LogP contribution in [0.25, 0.3) is 0 Å². The molecule has 2 rings (SSSR count). The van der Waals surface area contributed by atoms with Crippen molar-refractivity contribution in [3.05, 3.63) is 59.2 Å². The van der Waals surface area contributed by atoms with E-state index in [2.05, 4.69) is 5.32 Å². The molecule has 2 aromatic rings. The van der Waals surface area contributed by atoms with Crippen molar-refractivity contribution < 1.29 is 28.2 Å². The molecule has 0 saturated heterocycles. The lowest BCUT2D eigenvalue weighted by Gasteiger charge is -2.15. The number of nitrogens with one attached hydrogen (secondary N) is 1. The minimum atomic E-state index is -1.02. The van der Waals surface area contributed by atoms with Crippen LogP contribution in [0.1, 0.15) is 35.9 Å². The number of rotatable bonds is 7. The monoisotopic (exact) mass is 365 g/mol. The van der Waals surface area contributed by atoms with Gasteiger partial charge in [0.15, 0.2) is 11.6 Å². The van der Waals surface area contributed by atoms with Crippen LogP contribution in [-0.4, -0.2) is 30.8 Å². The number of benzene rings is 2. The highest BCUT2D eigenvalue weighted by Gasteiger charge is 2.22. The Morgan fingerprint density at radius 1 is 1.12 bits per heavy atom. The van der Waals surface area contributed by atoms with E-state index in [1.165, 1.54) is 0 Å². The number of carbonyl (C=O) groups excluding carboxylic acids is 1. The summed E-state index contributed by atoms with van der Waals surface area (Å²) in [5.74, 6) is -2.46. The van der Waals surface area contributed by atoms with Crippen LogP contribution in [0.15, 0.2) is 36.4 Å². The number of aliphatic hydroxyl groups is 1. The van der Waals surface area contributed by atoms with Crippen molar-refractivity contribution in [2.45, 2.75) is 26.1 Å². The summed E-state index contributed by atoms with van der Waals surface area (Å²) in [6.07, 6.45) is -0.990. The average molecular weight is 365 g/mol. The van der Waals surface area contributed by atoms with Crippen LogP contribution in [-0.2, 0) is 0 Å². The lowest BCUT2D eigenvalue weighted by Crippen LogP contribution is -2.29. The second-order valence-electron chi connectivity index (χ2n) is 5.90. The van der Waals surface area contributed by atoms with Gasteiger partial charge in [0.2, 0.25) is 0 Å². The first kappa shape index (κ1) is 19.7. The molecular weight excluding hydrogens is 344 g/mol. The lowest BCUT2D eigenvalue weighted by molar-refractivity contribution is 0.0908. The van der Waals surface area contributed by atoms with Crippen molar-refractivity contribution in [3.8, 4) is 11.5 Å². The molecule has 5 nitrogen and oxygen atoms in total. The fraction of sp³-hybridized carbons (Fsp3) is 0.316.